The molecule has 2 aromatic heterocycles. The Bertz CT molecular complexity index is 2820. The smallest absolute Gasteiger partial charge is 0.160 e. The maximum absolute atomic E-state index is 7.00. The Hall–Kier alpha value is -6.84. The zero-order chi connectivity index (χ0) is 33.7. The van der Waals surface area contributed by atoms with E-state index in [1.165, 1.54) is 22.3 Å². The van der Waals surface area contributed by atoms with E-state index in [9.17, 15) is 0 Å². The Balaban J connectivity index is 1.24. The average Bonchev–Trinajstić information content (AvgIpc) is 3.79. The fourth-order valence-corrected chi connectivity index (χ4v) is 7.49. The van der Waals surface area contributed by atoms with Crippen LogP contribution in [-0.2, 0) is 0 Å². The van der Waals surface area contributed by atoms with Crippen LogP contribution >= 0.6 is 0 Å². The highest BCUT2D eigenvalue weighted by Gasteiger charge is 2.24. The minimum Gasteiger partial charge on any atom is -0.456 e. The fraction of sp³-hybridized carbons (Fsp3) is 0. The number of para-hydroxylation sites is 2. The number of hydrogen-bond donors (Lipinski definition) is 0. The molecule has 10 rings (SSSR count). The van der Waals surface area contributed by atoms with Gasteiger partial charge in [0.2, 0.25) is 0 Å². The monoisotopic (exact) mass is 653 g/mol. The maximum Gasteiger partial charge on any atom is 0.160 e. The first kappa shape index (κ1) is 29.1. The molecule has 0 saturated carbocycles. The summed E-state index contributed by atoms with van der Waals surface area (Å²) in [6.45, 7) is 0. The standard InChI is InChI=1S/C48H31NO2/c1-4-12-32(13-5-1)34-20-22-36(23-21-34)39-28-29-41(48-46(39)47-44(51-48)31-30-43-45(47)40-18-10-11-19-42(40)50-43)49(37-16-8-3-9-17-37)38-26-24-35(25-27-38)33-14-6-2-7-15-33/h1-31H. The van der Waals surface area contributed by atoms with E-state index in [1.54, 1.807) is 0 Å². The zero-order valence-corrected chi connectivity index (χ0v) is 27.7. The molecule has 10 aromatic rings. The van der Waals surface area contributed by atoms with Crippen LogP contribution in [0.3, 0.4) is 0 Å². The lowest BCUT2D eigenvalue weighted by molar-refractivity contribution is 0.663. The lowest BCUT2D eigenvalue weighted by Crippen LogP contribution is -2.10. The Labute approximate surface area is 295 Å². The SMILES string of the molecule is c1ccc(-c2ccc(-c3ccc(N(c4ccccc4)c4ccc(-c5ccccc5)cc4)c4oc5ccc6oc7ccccc7c6c5c34)cc2)cc1. The minimum atomic E-state index is 0.823. The third kappa shape index (κ3) is 4.90. The molecule has 0 N–H and O–H groups in total. The molecular weight excluding hydrogens is 623 g/mol. The van der Waals surface area contributed by atoms with E-state index in [-0.39, 0.29) is 0 Å². The van der Waals surface area contributed by atoms with Gasteiger partial charge in [0.15, 0.2) is 5.58 Å². The van der Waals surface area contributed by atoms with Crippen molar-refractivity contribution in [1.29, 1.82) is 0 Å². The second-order valence-corrected chi connectivity index (χ2v) is 12.9. The third-order valence-electron chi connectivity index (χ3n) is 9.90. The lowest BCUT2D eigenvalue weighted by Gasteiger charge is -2.26. The largest absolute Gasteiger partial charge is 0.456 e. The molecule has 0 unspecified atom stereocenters. The lowest BCUT2D eigenvalue weighted by atomic mass is 9.94. The second-order valence-electron chi connectivity index (χ2n) is 12.9. The molecule has 0 aliphatic carbocycles. The number of rotatable bonds is 6. The third-order valence-corrected chi connectivity index (χ3v) is 9.90. The van der Waals surface area contributed by atoms with E-state index in [2.05, 4.69) is 169 Å². The molecular formula is C48H31NO2. The molecule has 2 heterocycles. The van der Waals surface area contributed by atoms with Crippen molar-refractivity contribution in [1.82, 2.24) is 0 Å². The first-order chi connectivity index (χ1) is 25.3. The molecule has 0 radical (unpaired) electrons. The summed E-state index contributed by atoms with van der Waals surface area (Å²) >= 11 is 0. The predicted octanol–water partition coefficient (Wildman–Crippen LogP) is 14.0. The average molecular weight is 654 g/mol. The Kier molecular flexibility index (Phi) is 6.81. The first-order valence-corrected chi connectivity index (χ1v) is 17.3. The van der Waals surface area contributed by atoms with Gasteiger partial charge in [-0.1, -0.05) is 140 Å². The summed E-state index contributed by atoms with van der Waals surface area (Å²) in [6.07, 6.45) is 0. The summed E-state index contributed by atoms with van der Waals surface area (Å²) in [4.78, 5) is 2.30. The van der Waals surface area contributed by atoms with E-state index in [0.717, 1.165) is 72.1 Å². The summed E-state index contributed by atoms with van der Waals surface area (Å²) in [5.41, 5.74) is 13.4. The van der Waals surface area contributed by atoms with Gasteiger partial charge in [-0.2, -0.15) is 0 Å². The zero-order valence-electron chi connectivity index (χ0n) is 27.7. The van der Waals surface area contributed by atoms with Gasteiger partial charge in [-0.15, -0.1) is 0 Å². The van der Waals surface area contributed by atoms with Crippen molar-refractivity contribution in [2.45, 2.75) is 0 Å². The van der Waals surface area contributed by atoms with Crippen LogP contribution in [-0.4, -0.2) is 0 Å². The highest BCUT2D eigenvalue weighted by Crippen LogP contribution is 2.49. The van der Waals surface area contributed by atoms with E-state index in [0.29, 0.717) is 0 Å². The molecule has 0 bridgehead atoms. The number of fused-ring (bicyclic) bond motifs is 7. The summed E-state index contributed by atoms with van der Waals surface area (Å²) < 4.78 is 13.4. The van der Waals surface area contributed by atoms with Crippen LogP contribution in [0.25, 0.3) is 77.3 Å². The van der Waals surface area contributed by atoms with Gasteiger partial charge in [0.25, 0.3) is 0 Å². The number of nitrogens with zero attached hydrogens (tertiary/aromatic N) is 1. The highest BCUT2D eigenvalue weighted by molar-refractivity contribution is 6.29. The van der Waals surface area contributed by atoms with Crippen molar-refractivity contribution in [3.05, 3.63) is 188 Å². The summed E-state index contributed by atoms with van der Waals surface area (Å²) in [5.74, 6) is 0. The van der Waals surface area contributed by atoms with Crippen LogP contribution in [0.1, 0.15) is 0 Å². The van der Waals surface area contributed by atoms with Crippen LogP contribution in [0.15, 0.2) is 197 Å². The molecule has 8 aromatic carbocycles. The van der Waals surface area contributed by atoms with Crippen LogP contribution in [0, 0.1) is 0 Å². The van der Waals surface area contributed by atoms with Gasteiger partial charge in [0, 0.05) is 32.9 Å². The molecule has 0 amide bonds. The number of furan rings is 2. The highest BCUT2D eigenvalue weighted by atomic mass is 16.3. The summed E-state index contributed by atoms with van der Waals surface area (Å²) in [6, 6.07) is 66.0. The fourth-order valence-electron chi connectivity index (χ4n) is 7.49. The van der Waals surface area contributed by atoms with E-state index >= 15 is 0 Å². The maximum atomic E-state index is 7.00. The van der Waals surface area contributed by atoms with Crippen molar-refractivity contribution < 1.29 is 8.83 Å². The molecule has 240 valence electrons. The van der Waals surface area contributed by atoms with E-state index < -0.39 is 0 Å². The van der Waals surface area contributed by atoms with E-state index in [4.69, 9.17) is 8.83 Å². The van der Waals surface area contributed by atoms with Crippen molar-refractivity contribution in [3.8, 4) is 33.4 Å². The van der Waals surface area contributed by atoms with Gasteiger partial charge >= 0.3 is 0 Å². The van der Waals surface area contributed by atoms with Crippen LogP contribution < -0.4 is 4.90 Å². The van der Waals surface area contributed by atoms with E-state index in [1.807, 2.05) is 24.3 Å². The van der Waals surface area contributed by atoms with Gasteiger partial charge in [-0.05, 0) is 81.9 Å². The molecule has 0 aliphatic heterocycles. The number of anilines is 3. The first-order valence-electron chi connectivity index (χ1n) is 17.3. The van der Waals surface area contributed by atoms with Crippen molar-refractivity contribution in [2.24, 2.45) is 0 Å². The Morgan fingerprint density at radius 3 is 1.49 bits per heavy atom. The summed E-state index contributed by atoms with van der Waals surface area (Å²) in [5, 5.41) is 4.27. The number of benzene rings is 8. The van der Waals surface area contributed by atoms with Gasteiger partial charge < -0.3 is 13.7 Å². The van der Waals surface area contributed by atoms with Crippen LogP contribution in [0.2, 0.25) is 0 Å². The van der Waals surface area contributed by atoms with Gasteiger partial charge in [-0.3, -0.25) is 0 Å². The minimum absolute atomic E-state index is 0.823. The molecule has 0 fully saturated rings. The van der Waals surface area contributed by atoms with Crippen molar-refractivity contribution in [2.75, 3.05) is 4.90 Å². The summed E-state index contributed by atoms with van der Waals surface area (Å²) in [7, 11) is 0. The number of hydrogen-bond acceptors (Lipinski definition) is 3. The topological polar surface area (TPSA) is 29.5 Å². The predicted molar refractivity (Wildman–Crippen MR) is 212 cm³/mol. The Morgan fingerprint density at radius 2 is 0.824 bits per heavy atom. The van der Waals surface area contributed by atoms with Crippen LogP contribution in [0.5, 0.6) is 0 Å². The van der Waals surface area contributed by atoms with Gasteiger partial charge in [0.05, 0.1) is 5.69 Å². The Morgan fingerprint density at radius 1 is 0.314 bits per heavy atom. The molecule has 0 saturated heterocycles. The molecule has 0 spiro atoms. The van der Waals surface area contributed by atoms with Gasteiger partial charge in [-0.25, -0.2) is 0 Å². The molecule has 51 heavy (non-hydrogen) atoms. The second kappa shape index (κ2) is 11.9. The van der Waals surface area contributed by atoms with Crippen molar-refractivity contribution >= 4 is 60.9 Å². The molecule has 0 aliphatic rings. The van der Waals surface area contributed by atoms with Gasteiger partial charge in [0.1, 0.15) is 16.7 Å². The molecule has 0 atom stereocenters. The molecule has 3 nitrogen and oxygen atoms in total. The normalized spacial score (nSPS) is 11.5. The van der Waals surface area contributed by atoms with Crippen molar-refractivity contribution in [3.63, 3.8) is 0 Å². The quantitative estimate of drug-likeness (QED) is 0.179. The molecule has 3 heteroatoms. The van der Waals surface area contributed by atoms with Crippen LogP contribution in [0.4, 0.5) is 17.1 Å².